The molecule has 0 saturated carbocycles. The Kier molecular flexibility index (Phi) is 7.26. The average Bonchev–Trinajstić information content (AvgIpc) is 3.01. The zero-order valence-electron chi connectivity index (χ0n) is 17.7. The summed E-state index contributed by atoms with van der Waals surface area (Å²) in [7, 11) is 1.37. The summed E-state index contributed by atoms with van der Waals surface area (Å²) < 4.78 is 11.5. The van der Waals surface area contributed by atoms with Crippen molar-refractivity contribution in [3.05, 3.63) is 52.8 Å². The normalized spacial score (nSPS) is 11.6. The molecular weight excluding hydrogens is 370 g/mol. The molecule has 0 aliphatic heterocycles. The fourth-order valence-electron chi connectivity index (χ4n) is 3.31. The number of hydrogen-bond acceptors (Lipinski definition) is 4. The van der Waals surface area contributed by atoms with E-state index in [1.807, 2.05) is 43.3 Å². The highest BCUT2D eigenvalue weighted by molar-refractivity contribution is 5.79. The lowest BCUT2D eigenvalue weighted by Gasteiger charge is -2.20. The van der Waals surface area contributed by atoms with Crippen LogP contribution in [0.5, 0.6) is 5.75 Å². The van der Waals surface area contributed by atoms with Gasteiger partial charge in [0.05, 0.1) is 19.4 Å². The van der Waals surface area contributed by atoms with Crippen molar-refractivity contribution in [1.82, 2.24) is 4.57 Å². The van der Waals surface area contributed by atoms with E-state index in [4.69, 9.17) is 4.74 Å². The number of benzene rings is 1. The minimum atomic E-state index is -1.00. The number of carbonyl (C=O) groups excluding carboxylic acids is 1. The fraction of sp³-hybridized carbons (Fsp3) is 0.391. The van der Waals surface area contributed by atoms with Gasteiger partial charge < -0.3 is 14.6 Å². The molecule has 0 fully saturated rings. The Balaban J connectivity index is 2.12. The summed E-state index contributed by atoms with van der Waals surface area (Å²) in [6, 6.07) is 7.52. The van der Waals surface area contributed by atoms with Gasteiger partial charge in [0.15, 0.2) is 0 Å². The quantitative estimate of drug-likeness (QED) is 0.516. The Hall–Kier alpha value is -3.02. The molecular formula is C23H29NO5. The number of ether oxygens (including phenoxy) is 2. The zero-order valence-corrected chi connectivity index (χ0v) is 17.7. The minimum absolute atomic E-state index is 0.174. The Morgan fingerprint density at radius 1 is 1.14 bits per heavy atom. The van der Waals surface area contributed by atoms with Crippen molar-refractivity contribution in [2.24, 2.45) is 0 Å². The van der Waals surface area contributed by atoms with Gasteiger partial charge in [-0.05, 0) is 53.7 Å². The van der Waals surface area contributed by atoms with Gasteiger partial charge in [-0.15, -0.1) is 0 Å². The molecule has 0 radical (unpaired) electrons. The van der Waals surface area contributed by atoms with Crippen LogP contribution in [0.2, 0.25) is 0 Å². The monoisotopic (exact) mass is 399 g/mol. The largest absolute Gasteiger partial charge is 0.494 e. The van der Waals surface area contributed by atoms with Crippen LogP contribution in [0.25, 0.3) is 12.2 Å². The van der Waals surface area contributed by atoms with Gasteiger partial charge in [0.1, 0.15) is 5.75 Å². The molecule has 1 heterocycles. The maximum absolute atomic E-state index is 11.6. The molecule has 1 N–H and O–H groups in total. The molecule has 0 saturated heterocycles. The molecule has 2 aromatic rings. The minimum Gasteiger partial charge on any atom is -0.494 e. The number of esters is 1. The molecule has 6 heteroatoms. The first-order valence-corrected chi connectivity index (χ1v) is 9.57. The first-order chi connectivity index (χ1) is 13.6. The third-order valence-electron chi connectivity index (χ3n) is 4.52. The van der Waals surface area contributed by atoms with Gasteiger partial charge in [-0.3, -0.25) is 9.36 Å². The third kappa shape index (κ3) is 5.98. The summed E-state index contributed by atoms with van der Waals surface area (Å²) >= 11 is 0. The Bertz CT molecular complexity index is 885. The topological polar surface area (TPSA) is 77.8 Å². The van der Waals surface area contributed by atoms with E-state index in [1.54, 1.807) is 6.20 Å². The van der Waals surface area contributed by atoms with Gasteiger partial charge in [-0.25, -0.2) is 4.79 Å². The predicted molar refractivity (Wildman–Crippen MR) is 113 cm³/mol. The zero-order chi connectivity index (χ0) is 21.6. The maximum Gasteiger partial charge on any atom is 0.415 e. The molecule has 0 amide bonds. The number of aryl methyl sites for hydroxylation is 1. The highest BCUT2D eigenvalue weighted by atomic mass is 16.5. The van der Waals surface area contributed by atoms with E-state index in [2.05, 4.69) is 25.5 Å². The molecule has 29 heavy (non-hydrogen) atoms. The van der Waals surface area contributed by atoms with Crippen LogP contribution in [0, 0.1) is 6.92 Å². The first-order valence-electron chi connectivity index (χ1n) is 9.57. The van der Waals surface area contributed by atoms with Gasteiger partial charge in [-0.2, -0.15) is 0 Å². The van der Waals surface area contributed by atoms with Gasteiger partial charge in [0.25, 0.3) is 0 Å². The molecule has 0 spiro atoms. The molecule has 0 atom stereocenters. The molecule has 0 aliphatic rings. The summed E-state index contributed by atoms with van der Waals surface area (Å²) in [5.41, 5.74) is 3.40. The smallest absolute Gasteiger partial charge is 0.415 e. The van der Waals surface area contributed by atoms with Crippen LogP contribution < -0.4 is 4.74 Å². The Morgan fingerprint density at radius 2 is 1.79 bits per heavy atom. The molecule has 156 valence electrons. The van der Waals surface area contributed by atoms with E-state index in [1.165, 1.54) is 11.7 Å². The van der Waals surface area contributed by atoms with E-state index in [-0.39, 0.29) is 11.4 Å². The van der Waals surface area contributed by atoms with E-state index in [0.717, 1.165) is 16.7 Å². The average molecular weight is 399 g/mol. The predicted octanol–water partition coefficient (Wildman–Crippen LogP) is 5.12. The second-order valence-electron chi connectivity index (χ2n) is 7.91. The van der Waals surface area contributed by atoms with Crippen molar-refractivity contribution < 1.29 is 24.2 Å². The number of carbonyl (C=O) groups is 2. The van der Waals surface area contributed by atoms with Crippen molar-refractivity contribution in [1.29, 1.82) is 0 Å². The van der Waals surface area contributed by atoms with Gasteiger partial charge in [0.2, 0.25) is 0 Å². The number of hydrogen-bond donors (Lipinski definition) is 1. The molecule has 0 unspecified atom stereocenters. The van der Waals surface area contributed by atoms with E-state index in [0.29, 0.717) is 30.9 Å². The lowest BCUT2D eigenvalue weighted by atomic mass is 9.84. The van der Waals surface area contributed by atoms with Crippen molar-refractivity contribution in [2.75, 3.05) is 13.7 Å². The number of aromatic nitrogens is 1. The Labute approximate surface area is 171 Å². The van der Waals surface area contributed by atoms with E-state index < -0.39 is 6.09 Å². The summed E-state index contributed by atoms with van der Waals surface area (Å²) in [6.07, 6.45) is 5.32. The first kappa shape index (κ1) is 22.3. The van der Waals surface area contributed by atoms with Crippen LogP contribution in [0.4, 0.5) is 4.79 Å². The van der Waals surface area contributed by atoms with Crippen LogP contribution in [0.3, 0.4) is 0 Å². The van der Waals surface area contributed by atoms with Gasteiger partial charge >= 0.3 is 12.1 Å². The van der Waals surface area contributed by atoms with Crippen LogP contribution in [-0.4, -0.2) is 35.5 Å². The second kappa shape index (κ2) is 9.45. The maximum atomic E-state index is 11.6. The lowest BCUT2D eigenvalue weighted by molar-refractivity contribution is -0.140. The van der Waals surface area contributed by atoms with Crippen LogP contribution >= 0.6 is 0 Å². The third-order valence-corrected chi connectivity index (χ3v) is 4.52. The molecule has 6 nitrogen and oxygen atoms in total. The van der Waals surface area contributed by atoms with Crippen LogP contribution in [0.1, 0.15) is 56.0 Å². The molecule has 1 aromatic carbocycles. The van der Waals surface area contributed by atoms with Crippen molar-refractivity contribution >= 4 is 24.2 Å². The van der Waals surface area contributed by atoms with Crippen molar-refractivity contribution in [3.8, 4) is 5.75 Å². The van der Waals surface area contributed by atoms with E-state index in [9.17, 15) is 14.7 Å². The van der Waals surface area contributed by atoms with Gasteiger partial charge in [-0.1, -0.05) is 39.0 Å². The number of nitrogens with zero attached hydrogens (tertiary/aromatic N) is 1. The molecule has 1 aromatic heterocycles. The number of methoxy groups -OCH3 is 1. The van der Waals surface area contributed by atoms with Crippen molar-refractivity contribution in [2.45, 2.75) is 46.0 Å². The summed E-state index contributed by atoms with van der Waals surface area (Å²) in [4.78, 5) is 22.7. The standard InChI is InChI=1S/C23H29NO5/c1-16-15-24(22(26)27)19(21(16)23(2,3)4)13-10-17-8-11-18(12-9-17)29-14-6-7-20(25)28-5/h8-13,15H,6-7,14H2,1-5H3,(H,26,27). The summed E-state index contributed by atoms with van der Waals surface area (Å²) in [5, 5.41) is 9.54. The summed E-state index contributed by atoms with van der Waals surface area (Å²) in [6.45, 7) is 8.59. The lowest BCUT2D eigenvalue weighted by Crippen LogP contribution is -2.16. The van der Waals surface area contributed by atoms with E-state index >= 15 is 0 Å². The Morgan fingerprint density at radius 3 is 2.34 bits per heavy atom. The molecule has 0 bridgehead atoms. The number of carboxylic acid groups (broad SMARTS) is 1. The number of rotatable bonds is 7. The SMILES string of the molecule is COC(=O)CCCOc1ccc(C=Cc2c(C(C)(C)C)c(C)cn2C(=O)O)cc1. The molecule has 2 rings (SSSR count). The highest BCUT2D eigenvalue weighted by Crippen LogP contribution is 2.32. The second-order valence-corrected chi connectivity index (χ2v) is 7.91. The highest BCUT2D eigenvalue weighted by Gasteiger charge is 2.24. The summed E-state index contributed by atoms with van der Waals surface area (Å²) in [5.74, 6) is 0.470. The van der Waals surface area contributed by atoms with Gasteiger partial charge in [0, 0.05) is 12.6 Å². The fourth-order valence-corrected chi connectivity index (χ4v) is 3.31. The molecule has 0 aliphatic carbocycles. The van der Waals surface area contributed by atoms with Crippen molar-refractivity contribution in [3.63, 3.8) is 0 Å². The van der Waals surface area contributed by atoms with Crippen LogP contribution in [0.15, 0.2) is 30.5 Å². The van der Waals surface area contributed by atoms with Crippen LogP contribution in [-0.2, 0) is 14.9 Å².